The van der Waals surface area contributed by atoms with Crippen LogP contribution in [0.25, 0.3) is 0 Å². The van der Waals surface area contributed by atoms with Gasteiger partial charge in [0.2, 0.25) is 0 Å². The van der Waals surface area contributed by atoms with E-state index in [9.17, 15) is 22.8 Å². The molecule has 2 aromatic carbocycles. The Hall–Kier alpha value is -3.07. The third kappa shape index (κ3) is 6.48. The van der Waals surface area contributed by atoms with E-state index < -0.39 is 24.1 Å². The highest BCUT2D eigenvalue weighted by atomic mass is 35.5. The molecule has 0 fully saturated rings. The van der Waals surface area contributed by atoms with Crippen LogP contribution in [0, 0.1) is 6.92 Å². The average molecular weight is 442 g/mol. The van der Waals surface area contributed by atoms with Crippen LogP contribution in [-0.2, 0) is 9.59 Å². The van der Waals surface area contributed by atoms with E-state index in [-0.39, 0.29) is 5.69 Å². The van der Waals surface area contributed by atoms with Gasteiger partial charge in [0.25, 0.3) is 5.91 Å². The van der Waals surface area contributed by atoms with E-state index >= 15 is 0 Å². The quantitative estimate of drug-likeness (QED) is 0.513. The van der Waals surface area contributed by atoms with Gasteiger partial charge in [-0.3, -0.25) is 9.59 Å². The molecule has 0 radical (unpaired) electrons. The lowest BCUT2D eigenvalue weighted by atomic mass is 10.1. The fourth-order valence-corrected chi connectivity index (χ4v) is 2.51. The lowest BCUT2D eigenvalue weighted by Gasteiger charge is -2.15. The molecule has 0 heterocycles. The monoisotopic (exact) mass is 441 g/mol. The van der Waals surface area contributed by atoms with Crippen molar-refractivity contribution >= 4 is 34.8 Å². The summed E-state index contributed by atoms with van der Waals surface area (Å²) in [6, 6.07) is 10.6. The zero-order chi connectivity index (χ0) is 22.5. The third-order valence-corrected chi connectivity index (χ3v) is 4.20. The van der Waals surface area contributed by atoms with Crippen LogP contribution in [0.15, 0.2) is 47.6 Å². The number of hydrazone groups is 1. The van der Waals surface area contributed by atoms with E-state index in [1.807, 2.05) is 0 Å². The summed E-state index contributed by atoms with van der Waals surface area (Å²) in [6.45, 7) is 4.97. The number of carbonyl (C=O) groups excluding carboxylic acids is 2. The molecule has 1 unspecified atom stereocenters. The Balaban J connectivity index is 1.96. The SMILES string of the molecule is C/C(=N/NC(=O)C(C)Oc1ccc(Cl)cc1C)c1ccc(NC(=O)C(F)(F)F)cc1. The lowest BCUT2D eigenvalue weighted by molar-refractivity contribution is -0.167. The zero-order valence-electron chi connectivity index (χ0n) is 16.3. The molecule has 0 aliphatic carbocycles. The van der Waals surface area contributed by atoms with E-state index in [2.05, 4.69) is 10.5 Å². The molecule has 0 aliphatic rings. The fraction of sp³-hybridized carbons (Fsp3) is 0.250. The van der Waals surface area contributed by atoms with Crippen LogP contribution in [0.4, 0.5) is 18.9 Å². The third-order valence-electron chi connectivity index (χ3n) is 3.96. The van der Waals surface area contributed by atoms with Crippen molar-refractivity contribution in [3.8, 4) is 5.75 Å². The van der Waals surface area contributed by atoms with Gasteiger partial charge in [0.1, 0.15) is 5.75 Å². The van der Waals surface area contributed by atoms with Crippen LogP contribution in [0.2, 0.25) is 5.02 Å². The van der Waals surface area contributed by atoms with E-state index in [4.69, 9.17) is 16.3 Å². The van der Waals surface area contributed by atoms with Gasteiger partial charge in [-0.15, -0.1) is 0 Å². The minimum atomic E-state index is -4.97. The van der Waals surface area contributed by atoms with E-state index in [0.29, 0.717) is 22.0 Å². The number of aryl methyl sites for hydroxylation is 1. The van der Waals surface area contributed by atoms with Crippen LogP contribution < -0.4 is 15.5 Å². The van der Waals surface area contributed by atoms with Gasteiger partial charge in [0, 0.05) is 10.7 Å². The van der Waals surface area contributed by atoms with E-state index in [1.165, 1.54) is 24.3 Å². The van der Waals surface area contributed by atoms with Gasteiger partial charge in [-0.2, -0.15) is 18.3 Å². The molecule has 6 nitrogen and oxygen atoms in total. The summed E-state index contributed by atoms with van der Waals surface area (Å²) in [5, 5.41) is 6.27. The molecule has 0 saturated carbocycles. The van der Waals surface area contributed by atoms with Crippen molar-refractivity contribution in [1.82, 2.24) is 5.43 Å². The number of nitrogens with one attached hydrogen (secondary N) is 2. The number of anilines is 1. The summed E-state index contributed by atoms with van der Waals surface area (Å²) in [7, 11) is 0. The van der Waals surface area contributed by atoms with Gasteiger partial charge in [-0.1, -0.05) is 23.7 Å². The van der Waals surface area contributed by atoms with E-state index in [0.717, 1.165) is 5.56 Å². The molecule has 2 aromatic rings. The maximum absolute atomic E-state index is 12.3. The molecule has 30 heavy (non-hydrogen) atoms. The summed E-state index contributed by atoms with van der Waals surface area (Å²) in [5.41, 5.74) is 4.09. The van der Waals surface area contributed by atoms with Crippen LogP contribution in [0.1, 0.15) is 25.0 Å². The first kappa shape index (κ1) is 23.2. The van der Waals surface area contributed by atoms with Gasteiger partial charge in [0.15, 0.2) is 6.10 Å². The van der Waals surface area contributed by atoms with E-state index in [1.54, 1.807) is 44.3 Å². The number of carbonyl (C=O) groups is 2. The first-order valence-corrected chi connectivity index (χ1v) is 9.10. The Bertz CT molecular complexity index is 960. The number of halogens is 4. The van der Waals surface area contributed by atoms with Gasteiger partial charge < -0.3 is 10.1 Å². The number of hydrogen-bond acceptors (Lipinski definition) is 4. The van der Waals surface area contributed by atoms with Crippen molar-refractivity contribution in [2.45, 2.75) is 33.1 Å². The van der Waals surface area contributed by atoms with Crippen molar-refractivity contribution in [2.24, 2.45) is 5.10 Å². The molecular formula is C20H19ClF3N3O3. The lowest BCUT2D eigenvalue weighted by Crippen LogP contribution is -2.34. The summed E-state index contributed by atoms with van der Waals surface area (Å²) in [4.78, 5) is 23.1. The average Bonchev–Trinajstić information content (AvgIpc) is 2.67. The molecule has 0 aliphatic heterocycles. The van der Waals surface area contributed by atoms with Gasteiger partial charge in [-0.05, 0) is 62.2 Å². The van der Waals surface area contributed by atoms with Crippen LogP contribution in [0.3, 0.4) is 0 Å². The number of ether oxygens (including phenoxy) is 1. The van der Waals surface area contributed by atoms with Crippen LogP contribution in [-0.4, -0.2) is 29.8 Å². The predicted molar refractivity (Wildman–Crippen MR) is 108 cm³/mol. The molecule has 0 saturated heterocycles. The Kier molecular flexibility index (Phi) is 7.44. The highest BCUT2D eigenvalue weighted by molar-refractivity contribution is 6.30. The Morgan fingerprint density at radius 1 is 1.13 bits per heavy atom. The molecule has 2 N–H and O–H groups in total. The second-order valence-electron chi connectivity index (χ2n) is 6.37. The number of hydrogen-bond donors (Lipinski definition) is 2. The number of amides is 2. The first-order valence-electron chi connectivity index (χ1n) is 8.73. The highest BCUT2D eigenvalue weighted by Gasteiger charge is 2.38. The molecule has 0 bridgehead atoms. The summed E-state index contributed by atoms with van der Waals surface area (Å²) >= 11 is 5.89. The minimum absolute atomic E-state index is 0.0155. The van der Waals surface area contributed by atoms with Gasteiger partial charge in [0.05, 0.1) is 5.71 Å². The van der Waals surface area contributed by atoms with Crippen molar-refractivity contribution in [3.63, 3.8) is 0 Å². The van der Waals surface area contributed by atoms with Crippen molar-refractivity contribution < 1.29 is 27.5 Å². The number of rotatable bonds is 6. The standard InChI is InChI=1S/C20H19ClF3N3O3/c1-11-10-15(21)6-9-17(11)30-13(3)18(28)27-26-12(2)14-4-7-16(8-5-14)25-19(29)20(22,23)24/h4-10,13H,1-3H3,(H,25,29)(H,27,28)/b26-12-. The molecule has 10 heteroatoms. The topological polar surface area (TPSA) is 79.8 Å². The summed E-state index contributed by atoms with van der Waals surface area (Å²) in [6.07, 6.45) is -5.80. The van der Waals surface area contributed by atoms with Crippen molar-refractivity contribution in [1.29, 1.82) is 0 Å². The summed E-state index contributed by atoms with van der Waals surface area (Å²) < 4.78 is 42.4. The van der Waals surface area contributed by atoms with Gasteiger partial charge >= 0.3 is 12.1 Å². The zero-order valence-corrected chi connectivity index (χ0v) is 17.1. The van der Waals surface area contributed by atoms with Crippen LogP contribution >= 0.6 is 11.6 Å². The summed E-state index contributed by atoms with van der Waals surface area (Å²) in [5.74, 6) is -2.03. The molecule has 0 aromatic heterocycles. The maximum atomic E-state index is 12.3. The Labute approximate surface area is 176 Å². The molecule has 0 spiro atoms. The minimum Gasteiger partial charge on any atom is -0.481 e. The maximum Gasteiger partial charge on any atom is 0.471 e. The first-order chi connectivity index (χ1) is 14.0. The predicted octanol–water partition coefficient (Wildman–Crippen LogP) is 4.46. The largest absolute Gasteiger partial charge is 0.481 e. The fourth-order valence-electron chi connectivity index (χ4n) is 2.28. The Morgan fingerprint density at radius 2 is 1.77 bits per heavy atom. The molecular weight excluding hydrogens is 423 g/mol. The van der Waals surface area contributed by atoms with Crippen LogP contribution in [0.5, 0.6) is 5.75 Å². The second-order valence-corrected chi connectivity index (χ2v) is 6.81. The molecule has 2 amide bonds. The number of benzene rings is 2. The smallest absolute Gasteiger partial charge is 0.471 e. The second kappa shape index (κ2) is 9.62. The molecule has 2 rings (SSSR count). The van der Waals surface area contributed by atoms with Crippen molar-refractivity contribution in [2.75, 3.05) is 5.32 Å². The molecule has 1 atom stereocenters. The number of alkyl halides is 3. The normalized spacial score (nSPS) is 12.8. The van der Waals surface area contributed by atoms with Gasteiger partial charge in [-0.25, -0.2) is 5.43 Å². The number of nitrogens with zero attached hydrogens (tertiary/aromatic N) is 1. The Morgan fingerprint density at radius 3 is 2.33 bits per heavy atom. The molecule has 160 valence electrons. The highest BCUT2D eigenvalue weighted by Crippen LogP contribution is 2.23. The van der Waals surface area contributed by atoms with Crippen molar-refractivity contribution in [3.05, 3.63) is 58.6 Å².